The zero-order valence-corrected chi connectivity index (χ0v) is 16.9. The molecule has 0 aliphatic rings. The van der Waals surface area contributed by atoms with Crippen LogP contribution in [0.25, 0.3) is 11.4 Å². The molecule has 0 bridgehead atoms. The number of nitrogens with zero attached hydrogens (tertiary/aromatic N) is 4. The number of benzene rings is 2. The first-order valence-corrected chi connectivity index (χ1v) is 10.5. The maximum absolute atomic E-state index is 14.2. The highest BCUT2D eigenvalue weighted by molar-refractivity contribution is 7.92. The number of halogens is 1. The van der Waals surface area contributed by atoms with E-state index in [0.717, 1.165) is 6.42 Å². The van der Waals surface area contributed by atoms with Gasteiger partial charge in [-0.25, -0.2) is 12.8 Å². The molecule has 148 valence electrons. The van der Waals surface area contributed by atoms with Crippen molar-refractivity contribution in [3.8, 4) is 11.4 Å². The van der Waals surface area contributed by atoms with Gasteiger partial charge >= 0.3 is 0 Å². The number of hydrogen-bond acceptors (Lipinski definition) is 4. The van der Waals surface area contributed by atoms with Gasteiger partial charge in [0, 0.05) is 19.2 Å². The minimum absolute atomic E-state index is 0.162. The lowest BCUT2D eigenvalue weighted by Crippen LogP contribution is -2.32. The minimum atomic E-state index is -3.87. The second-order valence-corrected chi connectivity index (χ2v) is 8.40. The van der Waals surface area contributed by atoms with Crippen molar-refractivity contribution < 1.29 is 12.8 Å². The van der Waals surface area contributed by atoms with Gasteiger partial charge in [0.15, 0.2) is 5.82 Å². The molecular formula is C20H23FN4O2S. The van der Waals surface area contributed by atoms with Crippen LogP contribution in [0.5, 0.6) is 0 Å². The Hall–Kier alpha value is -2.74. The molecule has 28 heavy (non-hydrogen) atoms. The smallest absolute Gasteiger partial charge is 0.264 e. The van der Waals surface area contributed by atoms with Crippen LogP contribution in [0.2, 0.25) is 0 Å². The van der Waals surface area contributed by atoms with Gasteiger partial charge < -0.3 is 4.57 Å². The molecular weight excluding hydrogens is 379 g/mol. The molecule has 0 unspecified atom stereocenters. The Morgan fingerprint density at radius 1 is 1.11 bits per heavy atom. The Kier molecular flexibility index (Phi) is 5.79. The van der Waals surface area contributed by atoms with Crippen LogP contribution in [0, 0.1) is 12.7 Å². The van der Waals surface area contributed by atoms with Crippen molar-refractivity contribution in [3.05, 3.63) is 60.2 Å². The third-order valence-corrected chi connectivity index (χ3v) is 6.44. The largest absolute Gasteiger partial charge is 0.314 e. The molecule has 3 aromatic rings. The highest BCUT2D eigenvalue weighted by Crippen LogP contribution is 2.34. The number of aryl methyl sites for hydroxylation is 1. The van der Waals surface area contributed by atoms with Gasteiger partial charge in [-0.1, -0.05) is 31.5 Å². The van der Waals surface area contributed by atoms with Crippen molar-refractivity contribution in [2.45, 2.75) is 31.6 Å². The fourth-order valence-corrected chi connectivity index (χ4v) is 4.47. The number of hydrogen-bond donors (Lipinski definition) is 0. The van der Waals surface area contributed by atoms with E-state index in [4.69, 9.17) is 0 Å². The molecule has 0 radical (unpaired) electrons. The highest BCUT2D eigenvalue weighted by Gasteiger charge is 2.28. The van der Waals surface area contributed by atoms with Gasteiger partial charge in [-0.3, -0.25) is 4.31 Å². The average molecular weight is 402 g/mol. The van der Waals surface area contributed by atoms with Crippen LogP contribution in [0.3, 0.4) is 0 Å². The quantitative estimate of drug-likeness (QED) is 0.601. The molecule has 2 aromatic carbocycles. The van der Waals surface area contributed by atoms with Gasteiger partial charge in [-0.15, -0.1) is 10.2 Å². The van der Waals surface area contributed by atoms with Crippen LogP contribution >= 0.6 is 0 Å². The highest BCUT2D eigenvalue weighted by atomic mass is 32.2. The molecule has 0 saturated heterocycles. The number of sulfonamides is 1. The summed E-state index contributed by atoms with van der Waals surface area (Å²) in [5.74, 6) is 0.649. The molecule has 6 nitrogen and oxygen atoms in total. The molecule has 0 aliphatic carbocycles. The molecule has 0 fully saturated rings. The van der Waals surface area contributed by atoms with Gasteiger partial charge in [0.2, 0.25) is 0 Å². The molecule has 3 rings (SSSR count). The van der Waals surface area contributed by atoms with E-state index >= 15 is 0 Å². The summed E-state index contributed by atoms with van der Waals surface area (Å²) in [6.07, 6.45) is 1.44. The number of anilines is 1. The number of unbranched alkanes of at least 4 members (excludes halogenated alkanes) is 1. The van der Waals surface area contributed by atoms with Crippen LogP contribution in [0.4, 0.5) is 10.1 Å². The summed E-state index contributed by atoms with van der Waals surface area (Å²) < 4.78 is 44.0. The van der Waals surface area contributed by atoms with Gasteiger partial charge in [0.1, 0.15) is 11.6 Å². The molecule has 0 saturated carbocycles. The Labute approximate surface area is 164 Å². The van der Waals surface area contributed by atoms with E-state index in [1.165, 1.54) is 16.4 Å². The van der Waals surface area contributed by atoms with Crippen LogP contribution in [0.1, 0.15) is 25.6 Å². The van der Waals surface area contributed by atoms with E-state index in [1.54, 1.807) is 54.9 Å². The Morgan fingerprint density at radius 2 is 1.82 bits per heavy atom. The Bertz CT molecular complexity index is 1070. The third kappa shape index (κ3) is 3.77. The topological polar surface area (TPSA) is 68.1 Å². The summed E-state index contributed by atoms with van der Waals surface area (Å²) in [7, 11) is -2.08. The molecule has 8 heteroatoms. The fraction of sp³-hybridized carbons (Fsp3) is 0.300. The molecule has 0 spiro atoms. The first kappa shape index (κ1) is 20.0. The Morgan fingerprint density at radius 3 is 2.43 bits per heavy atom. The standard InChI is InChI=1S/C20H23FN4O2S/c1-4-5-13-25(28(26,27)17-9-7-6-8-10-17)19-14-16(21)11-12-18(19)20-23-22-15(2)24(20)3/h6-12,14H,4-5,13H2,1-3H3. The van der Waals surface area contributed by atoms with Crippen molar-refractivity contribution in [2.24, 2.45) is 7.05 Å². The second kappa shape index (κ2) is 8.10. The summed E-state index contributed by atoms with van der Waals surface area (Å²) in [4.78, 5) is 0.162. The summed E-state index contributed by atoms with van der Waals surface area (Å²) >= 11 is 0. The predicted octanol–water partition coefficient (Wildman–Crippen LogP) is 3.93. The van der Waals surface area contributed by atoms with Crippen LogP contribution < -0.4 is 4.31 Å². The first-order chi connectivity index (χ1) is 13.4. The maximum atomic E-state index is 14.2. The van der Waals surface area contributed by atoms with Gasteiger partial charge in [0.25, 0.3) is 10.0 Å². The van der Waals surface area contributed by atoms with Crippen LogP contribution in [-0.2, 0) is 17.1 Å². The zero-order valence-electron chi connectivity index (χ0n) is 16.1. The van der Waals surface area contributed by atoms with Crippen molar-refractivity contribution in [2.75, 3.05) is 10.8 Å². The Balaban J connectivity index is 2.21. The third-order valence-electron chi connectivity index (χ3n) is 4.61. The van der Waals surface area contributed by atoms with Crippen molar-refractivity contribution in [1.29, 1.82) is 0 Å². The minimum Gasteiger partial charge on any atom is -0.314 e. The van der Waals surface area contributed by atoms with E-state index in [1.807, 2.05) is 6.92 Å². The molecule has 0 atom stereocenters. The summed E-state index contributed by atoms with van der Waals surface area (Å²) in [5, 5.41) is 8.21. The molecule has 1 aromatic heterocycles. The SMILES string of the molecule is CCCCN(c1cc(F)ccc1-c1nnc(C)n1C)S(=O)(=O)c1ccccc1. The van der Waals surface area contributed by atoms with Crippen LogP contribution in [-0.4, -0.2) is 29.7 Å². The molecule has 0 aliphatic heterocycles. The van der Waals surface area contributed by atoms with E-state index in [9.17, 15) is 12.8 Å². The number of aromatic nitrogens is 3. The van der Waals surface area contributed by atoms with Crippen LogP contribution in [0.15, 0.2) is 53.4 Å². The van der Waals surface area contributed by atoms with Crippen molar-refractivity contribution in [3.63, 3.8) is 0 Å². The maximum Gasteiger partial charge on any atom is 0.264 e. The zero-order chi connectivity index (χ0) is 20.3. The fourth-order valence-electron chi connectivity index (χ4n) is 2.93. The van der Waals surface area contributed by atoms with E-state index in [-0.39, 0.29) is 17.1 Å². The lowest BCUT2D eigenvalue weighted by molar-refractivity contribution is 0.588. The van der Waals surface area contributed by atoms with Gasteiger partial charge in [-0.05, 0) is 43.7 Å². The van der Waals surface area contributed by atoms with Crippen molar-refractivity contribution in [1.82, 2.24) is 14.8 Å². The predicted molar refractivity (Wildman–Crippen MR) is 107 cm³/mol. The van der Waals surface area contributed by atoms with Gasteiger partial charge in [0.05, 0.1) is 10.6 Å². The molecule has 0 N–H and O–H groups in total. The van der Waals surface area contributed by atoms with Gasteiger partial charge in [-0.2, -0.15) is 0 Å². The lowest BCUT2D eigenvalue weighted by Gasteiger charge is -2.26. The normalized spacial score (nSPS) is 11.6. The second-order valence-electron chi connectivity index (χ2n) is 6.54. The van der Waals surface area contributed by atoms with E-state index in [0.29, 0.717) is 23.6 Å². The monoisotopic (exact) mass is 402 g/mol. The summed E-state index contributed by atoms with van der Waals surface area (Å²) in [6, 6.07) is 12.3. The van der Waals surface area contributed by atoms with E-state index < -0.39 is 15.8 Å². The van der Waals surface area contributed by atoms with Crippen molar-refractivity contribution >= 4 is 15.7 Å². The number of rotatable bonds is 7. The average Bonchev–Trinajstić information content (AvgIpc) is 3.01. The molecule has 1 heterocycles. The lowest BCUT2D eigenvalue weighted by atomic mass is 10.1. The summed E-state index contributed by atoms with van der Waals surface area (Å²) in [5.41, 5.74) is 0.771. The van der Waals surface area contributed by atoms with E-state index in [2.05, 4.69) is 10.2 Å². The molecule has 0 amide bonds. The summed E-state index contributed by atoms with van der Waals surface area (Å²) in [6.45, 7) is 4.02. The first-order valence-electron chi connectivity index (χ1n) is 9.10.